The smallest absolute Gasteiger partial charge is 0.0692 e. The zero-order valence-electron chi connectivity index (χ0n) is 6.30. The topological polar surface area (TPSA) is 20.2 Å². The molecule has 0 heterocycles. The molecular formula is C8H16O. The van der Waals surface area contributed by atoms with Crippen molar-refractivity contribution in [2.75, 3.05) is 0 Å². The molecule has 0 bridgehead atoms. The maximum absolute atomic E-state index is 8.76. The van der Waals surface area contributed by atoms with E-state index < -0.39 is 0 Å². The first-order valence-corrected chi connectivity index (χ1v) is 3.62. The lowest BCUT2D eigenvalue weighted by Gasteiger charge is -1.92. The van der Waals surface area contributed by atoms with Crippen molar-refractivity contribution in [3.63, 3.8) is 0 Å². The molecule has 0 aromatic carbocycles. The maximum Gasteiger partial charge on any atom is 0.0692 e. The van der Waals surface area contributed by atoms with Gasteiger partial charge in [-0.1, -0.05) is 31.9 Å². The van der Waals surface area contributed by atoms with E-state index in [2.05, 4.69) is 6.92 Å². The van der Waals surface area contributed by atoms with E-state index in [1.54, 1.807) is 6.92 Å². The first-order valence-electron chi connectivity index (χ1n) is 3.62. The zero-order chi connectivity index (χ0) is 7.11. The number of unbranched alkanes of at least 4 members (excludes halogenated alkanes) is 2. The van der Waals surface area contributed by atoms with Crippen LogP contribution in [0.15, 0.2) is 12.2 Å². The Morgan fingerprint density at radius 2 is 2.22 bits per heavy atom. The van der Waals surface area contributed by atoms with Crippen LogP contribution in [0.4, 0.5) is 0 Å². The third kappa shape index (κ3) is 7.70. The van der Waals surface area contributed by atoms with Gasteiger partial charge < -0.3 is 5.11 Å². The van der Waals surface area contributed by atoms with E-state index in [4.69, 9.17) is 5.11 Å². The molecule has 0 amide bonds. The van der Waals surface area contributed by atoms with E-state index in [0.29, 0.717) is 0 Å². The van der Waals surface area contributed by atoms with E-state index in [9.17, 15) is 0 Å². The summed E-state index contributed by atoms with van der Waals surface area (Å²) in [6.07, 6.45) is 7.14. The summed E-state index contributed by atoms with van der Waals surface area (Å²) in [7, 11) is 0. The van der Waals surface area contributed by atoms with Crippen molar-refractivity contribution >= 4 is 0 Å². The van der Waals surface area contributed by atoms with Gasteiger partial charge in [-0.2, -0.15) is 0 Å². The Labute approximate surface area is 57.4 Å². The lowest BCUT2D eigenvalue weighted by atomic mass is 10.2. The number of aliphatic hydroxyl groups excluding tert-OH is 1. The summed E-state index contributed by atoms with van der Waals surface area (Å²) in [5, 5.41) is 8.76. The van der Waals surface area contributed by atoms with Gasteiger partial charge in [0.25, 0.3) is 0 Å². The van der Waals surface area contributed by atoms with Crippen molar-refractivity contribution in [2.24, 2.45) is 0 Å². The molecule has 9 heavy (non-hydrogen) atoms. The second-order valence-corrected chi connectivity index (χ2v) is 2.31. The molecule has 0 aromatic rings. The standard InChI is InChI=1S/C8H16O/c1-3-4-5-6-7-8(2)9/h6-9H,3-5H2,1-2H3/b7-6-/t8-/m1/s1. The molecule has 1 heteroatoms. The molecule has 0 saturated heterocycles. The van der Waals surface area contributed by atoms with E-state index in [1.165, 1.54) is 12.8 Å². The minimum absolute atomic E-state index is 0.276. The van der Waals surface area contributed by atoms with Crippen molar-refractivity contribution < 1.29 is 5.11 Å². The van der Waals surface area contributed by atoms with Crippen molar-refractivity contribution in [1.82, 2.24) is 0 Å². The van der Waals surface area contributed by atoms with E-state index >= 15 is 0 Å². The molecule has 0 aliphatic carbocycles. The Morgan fingerprint density at radius 3 is 2.67 bits per heavy atom. The molecule has 54 valence electrons. The molecule has 0 rings (SSSR count). The fourth-order valence-corrected chi connectivity index (χ4v) is 0.615. The lowest BCUT2D eigenvalue weighted by Crippen LogP contribution is -1.91. The number of allylic oxidation sites excluding steroid dienone is 1. The predicted molar refractivity (Wildman–Crippen MR) is 40.3 cm³/mol. The summed E-state index contributed by atoms with van der Waals surface area (Å²) in [5.74, 6) is 0. The monoisotopic (exact) mass is 128 g/mol. The number of hydrogen-bond donors (Lipinski definition) is 1. The van der Waals surface area contributed by atoms with Crippen molar-refractivity contribution in [1.29, 1.82) is 0 Å². The highest BCUT2D eigenvalue weighted by atomic mass is 16.3. The summed E-state index contributed by atoms with van der Waals surface area (Å²) >= 11 is 0. The van der Waals surface area contributed by atoms with Crippen LogP contribution in [-0.2, 0) is 0 Å². The van der Waals surface area contributed by atoms with E-state index in [-0.39, 0.29) is 6.10 Å². The van der Waals surface area contributed by atoms with Crippen LogP contribution in [0.25, 0.3) is 0 Å². The first-order chi connectivity index (χ1) is 4.27. The number of rotatable bonds is 4. The highest BCUT2D eigenvalue weighted by molar-refractivity contribution is 4.85. The van der Waals surface area contributed by atoms with Crippen LogP contribution in [0.2, 0.25) is 0 Å². The molecule has 0 spiro atoms. The average Bonchev–Trinajstić information content (AvgIpc) is 1.80. The molecule has 0 aliphatic rings. The minimum atomic E-state index is -0.276. The minimum Gasteiger partial charge on any atom is -0.389 e. The normalized spacial score (nSPS) is 14.6. The maximum atomic E-state index is 8.76. The Bertz CT molecular complexity index is 74.6. The van der Waals surface area contributed by atoms with Crippen molar-refractivity contribution in [2.45, 2.75) is 39.2 Å². The van der Waals surface area contributed by atoms with Crippen LogP contribution >= 0.6 is 0 Å². The highest BCUT2D eigenvalue weighted by Crippen LogP contribution is 1.95. The van der Waals surface area contributed by atoms with Gasteiger partial charge in [-0.3, -0.25) is 0 Å². The molecule has 0 unspecified atom stereocenters. The molecule has 0 aliphatic heterocycles. The van der Waals surface area contributed by atoms with Crippen molar-refractivity contribution in [3.05, 3.63) is 12.2 Å². The summed E-state index contributed by atoms with van der Waals surface area (Å²) in [5.41, 5.74) is 0. The fourth-order valence-electron chi connectivity index (χ4n) is 0.615. The molecular weight excluding hydrogens is 112 g/mol. The van der Waals surface area contributed by atoms with Crippen LogP contribution in [0.3, 0.4) is 0 Å². The number of aliphatic hydroxyl groups is 1. The average molecular weight is 128 g/mol. The van der Waals surface area contributed by atoms with Crippen LogP contribution < -0.4 is 0 Å². The third-order valence-corrected chi connectivity index (χ3v) is 1.14. The van der Waals surface area contributed by atoms with Gasteiger partial charge >= 0.3 is 0 Å². The van der Waals surface area contributed by atoms with Gasteiger partial charge in [0.1, 0.15) is 0 Å². The van der Waals surface area contributed by atoms with Crippen LogP contribution in [0.1, 0.15) is 33.1 Å². The summed E-state index contributed by atoms with van der Waals surface area (Å²) in [4.78, 5) is 0. The summed E-state index contributed by atoms with van der Waals surface area (Å²) in [6.45, 7) is 3.93. The molecule has 0 saturated carbocycles. The Morgan fingerprint density at radius 1 is 1.56 bits per heavy atom. The van der Waals surface area contributed by atoms with Crippen LogP contribution in [0.5, 0.6) is 0 Å². The molecule has 1 nitrogen and oxygen atoms in total. The van der Waals surface area contributed by atoms with Gasteiger partial charge in [-0.15, -0.1) is 0 Å². The first kappa shape index (κ1) is 8.70. The Hall–Kier alpha value is -0.300. The van der Waals surface area contributed by atoms with Gasteiger partial charge in [0.05, 0.1) is 6.10 Å². The van der Waals surface area contributed by atoms with Gasteiger partial charge in [-0.25, -0.2) is 0 Å². The highest BCUT2D eigenvalue weighted by Gasteiger charge is 1.83. The second kappa shape index (κ2) is 5.83. The fraction of sp³-hybridized carbons (Fsp3) is 0.750. The third-order valence-electron chi connectivity index (χ3n) is 1.14. The lowest BCUT2D eigenvalue weighted by molar-refractivity contribution is 0.244. The van der Waals surface area contributed by atoms with Gasteiger partial charge in [0.2, 0.25) is 0 Å². The van der Waals surface area contributed by atoms with Gasteiger partial charge in [0.15, 0.2) is 0 Å². The Kier molecular flexibility index (Phi) is 5.64. The van der Waals surface area contributed by atoms with Gasteiger partial charge in [0, 0.05) is 0 Å². The second-order valence-electron chi connectivity index (χ2n) is 2.31. The molecule has 0 aromatic heterocycles. The van der Waals surface area contributed by atoms with E-state index in [0.717, 1.165) is 6.42 Å². The van der Waals surface area contributed by atoms with Crippen molar-refractivity contribution in [3.8, 4) is 0 Å². The zero-order valence-corrected chi connectivity index (χ0v) is 6.30. The number of hydrogen-bond acceptors (Lipinski definition) is 1. The predicted octanol–water partition coefficient (Wildman–Crippen LogP) is 2.11. The van der Waals surface area contributed by atoms with Crippen LogP contribution in [0, 0.1) is 0 Å². The van der Waals surface area contributed by atoms with E-state index in [1.807, 2.05) is 12.2 Å². The molecule has 0 radical (unpaired) electrons. The molecule has 1 N–H and O–H groups in total. The Balaban J connectivity index is 3.04. The quantitative estimate of drug-likeness (QED) is 0.454. The molecule has 1 atom stereocenters. The summed E-state index contributed by atoms with van der Waals surface area (Å²) < 4.78 is 0. The SMILES string of the molecule is CCCC/C=C\[C@@H](C)O. The summed E-state index contributed by atoms with van der Waals surface area (Å²) in [6, 6.07) is 0. The van der Waals surface area contributed by atoms with Crippen LogP contribution in [-0.4, -0.2) is 11.2 Å². The molecule has 0 fully saturated rings. The van der Waals surface area contributed by atoms with Gasteiger partial charge in [-0.05, 0) is 13.3 Å². The largest absolute Gasteiger partial charge is 0.389 e.